The highest BCUT2D eigenvalue weighted by Gasteiger charge is 2.53. The van der Waals surface area contributed by atoms with E-state index in [0.29, 0.717) is 13.1 Å². The van der Waals surface area contributed by atoms with E-state index in [9.17, 15) is 9.59 Å². The number of carbonyl (C=O) groups excluding carboxylic acids is 2. The van der Waals surface area contributed by atoms with Crippen molar-refractivity contribution in [2.45, 2.75) is 19.8 Å². The molecule has 2 aliphatic heterocycles. The third kappa shape index (κ3) is 3.18. The lowest BCUT2D eigenvalue weighted by Crippen LogP contribution is -2.65. The molecule has 1 aromatic carbocycles. The van der Waals surface area contributed by atoms with Gasteiger partial charge < -0.3 is 14.7 Å². The van der Waals surface area contributed by atoms with Crippen LogP contribution in [-0.2, 0) is 4.79 Å². The SMILES string of the molecule is Cc1ccc(C(=O)N2CCC3(CC2)CN(CCN(C)C)C3=O)cc1. The first-order valence-electron chi connectivity index (χ1n) is 8.71. The molecule has 2 fully saturated rings. The van der Waals surface area contributed by atoms with E-state index < -0.39 is 0 Å². The van der Waals surface area contributed by atoms with Crippen LogP contribution >= 0.6 is 0 Å². The number of nitrogens with zero attached hydrogens (tertiary/aromatic N) is 3. The number of benzene rings is 1. The predicted molar refractivity (Wildman–Crippen MR) is 93.9 cm³/mol. The average molecular weight is 329 g/mol. The normalized spacial score (nSPS) is 19.8. The number of piperidine rings is 1. The second kappa shape index (κ2) is 6.55. The van der Waals surface area contributed by atoms with Crippen LogP contribution in [0.3, 0.4) is 0 Å². The van der Waals surface area contributed by atoms with E-state index in [1.807, 2.05) is 55.1 Å². The average Bonchev–Trinajstić information content (AvgIpc) is 2.58. The van der Waals surface area contributed by atoms with Gasteiger partial charge in [-0.05, 0) is 46.0 Å². The molecule has 1 aromatic rings. The maximum absolute atomic E-state index is 12.6. The van der Waals surface area contributed by atoms with Crippen molar-refractivity contribution in [3.05, 3.63) is 35.4 Å². The van der Waals surface area contributed by atoms with Gasteiger partial charge >= 0.3 is 0 Å². The van der Waals surface area contributed by atoms with E-state index in [1.54, 1.807) is 0 Å². The highest BCUT2D eigenvalue weighted by molar-refractivity contribution is 5.95. The fraction of sp³-hybridized carbons (Fsp3) is 0.579. The Hall–Kier alpha value is -1.88. The van der Waals surface area contributed by atoms with Gasteiger partial charge in [-0.15, -0.1) is 0 Å². The van der Waals surface area contributed by atoms with Crippen LogP contribution in [0.1, 0.15) is 28.8 Å². The van der Waals surface area contributed by atoms with E-state index >= 15 is 0 Å². The van der Waals surface area contributed by atoms with Crippen molar-refractivity contribution in [2.24, 2.45) is 5.41 Å². The zero-order chi connectivity index (χ0) is 17.3. The molecular weight excluding hydrogens is 302 g/mol. The molecule has 2 saturated heterocycles. The predicted octanol–water partition coefficient (Wildman–Crippen LogP) is 1.62. The minimum atomic E-state index is -0.198. The molecule has 2 aliphatic rings. The van der Waals surface area contributed by atoms with Crippen molar-refractivity contribution in [1.29, 1.82) is 0 Å². The number of likely N-dealkylation sites (N-methyl/N-ethyl adjacent to an activating group) is 1. The Bertz CT molecular complexity index is 616. The molecule has 2 heterocycles. The summed E-state index contributed by atoms with van der Waals surface area (Å²) in [6.07, 6.45) is 1.59. The van der Waals surface area contributed by atoms with E-state index in [0.717, 1.165) is 43.6 Å². The molecule has 1 spiro atoms. The van der Waals surface area contributed by atoms with Crippen LogP contribution in [0.2, 0.25) is 0 Å². The molecule has 0 saturated carbocycles. The van der Waals surface area contributed by atoms with Crippen LogP contribution in [0.4, 0.5) is 0 Å². The zero-order valence-electron chi connectivity index (χ0n) is 14.9. The van der Waals surface area contributed by atoms with Crippen molar-refractivity contribution < 1.29 is 9.59 Å². The molecule has 5 nitrogen and oxygen atoms in total. The van der Waals surface area contributed by atoms with Gasteiger partial charge in [0.1, 0.15) is 0 Å². The number of likely N-dealkylation sites (tertiary alicyclic amines) is 2. The summed E-state index contributed by atoms with van der Waals surface area (Å²) >= 11 is 0. The summed E-state index contributed by atoms with van der Waals surface area (Å²) in [5.41, 5.74) is 1.70. The maximum atomic E-state index is 12.6. The molecule has 0 atom stereocenters. The molecule has 0 aromatic heterocycles. The van der Waals surface area contributed by atoms with Gasteiger partial charge in [0.05, 0.1) is 5.41 Å². The fourth-order valence-electron chi connectivity index (χ4n) is 3.64. The number of hydrogen-bond acceptors (Lipinski definition) is 3. The third-order valence-electron chi connectivity index (χ3n) is 5.36. The van der Waals surface area contributed by atoms with Crippen molar-refractivity contribution >= 4 is 11.8 Å². The Kier molecular flexibility index (Phi) is 4.63. The monoisotopic (exact) mass is 329 g/mol. The third-order valence-corrected chi connectivity index (χ3v) is 5.36. The van der Waals surface area contributed by atoms with Crippen LogP contribution in [0.5, 0.6) is 0 Å². The van der Waals surface area contributed by atoms with Gasteiger partial charge in [0, 0.05) is 38.3 Å². The van der Waals surface area contributed by atoms with Crippen molar-refractivity contribution in [3.63, 3.8) is 0 Å². The van der Waals surface area contributed by atoms with E-state index in [1.165, 1.54) is 0 Å². The van der Waals surface area contributed by atoms with Gasteiger partial charge in [0.25, 0.3) is 5.91 Å². The van der Waals surface area contributed by atoms with E-state index in [-0.39, 0.29) is 17.2 Å². The molecule has 0 radical (unpaired) electrons. The molecule has 5 heteroatoms. The molecule has 0 bridgehead atoms. The lowest BCUT2D eigenvalue weighted by molar-refractivity contribution is -0.164. The highest BCUT2D eigenvalue weighted by atomic mass is 16.2. The zero-order valence-corrected chi connectivity index (χ0v) is 14.9. The minimum Gasteiger partial charge on any atom is -0.340 e. The molecule has 0 aliphatic carbocycles. The molecule has 0 N–H and O–H groups in total. The summed E-state index contributed by atoms with van der Waals surface area (Å²) in [4.78, 5) is 31.1. The summed E-state index contributed by atoms with van der Waals surface area (Å²) in [7, 11) is 4.05. The van der Waals surface area contributed by atoms with Gasteiger partial charge in [0.15, 0.2) is 0 Å². The fourth-order valence-corrected chi connectivity index (χ4v) is 3.64. The summed E-state index contributed by atoms with van der Waals surface area (Å²) in [5, 5.41) is 0. The van der Waals surface area contributed by atoms with Crippen molar-refractivity contribution in [3.8, 4) is 0 Å². The molecule has 0 unspecified atom stereocenters. The number of aryl methyl sites for hydroxylation is 1. The van der Waals surface area contributed by atoms with Gasteiger partial charge in [-0.2, -0.15) is 0 Å². The second-order valence-corrected chi connectivity index (χ2v) is 7.47. The van der Waals surface area contributed by atoms with E-state index in [2.05, 4.69) is 4.90 Å². The lowest BCUT2D eigenvalue weighted by Gasteiger charge is -2.52. The number of carbonyl (C=O) groups is 2. The summed E-state index contributed by atoms with van der Waals surface area (Å²) < 4.78 is 0. The van der Waals surface area contributed by atoms with Gasteiger partial charge in [0.2, 0.25) is 5.91 Å². The first kappa shape index (κ1) is 17.0. The van der Waals surface area contributed by atoms with Crippen molar-refractivity contribution in [1.82, 2.24) is 14.7 Å². The molecule has 3 rings (SSSR count). The Morgan fingerprint density at radius 1 is 1.17 bits per heavy atom. The van der Waals surface area contributed by atoms with Gasteiger partial charge in [-0.3, -0.25) is 9.59 Å². The summed E-state index contributed by atoms with van der Waals surface area (Å²) in [5.74, 6) is 0.368. The quantitative estimate of drug-likeness (QED) is 0.789. The standard InChI is InChI=1S/C19H27N3O2/c1-15-4-6-16(7-5-15)17(23)21-10-8-19(9-11-21)14-22(18(19)24)13-12-20(2)3/h4-7H,8-14H2,1-3H3. The van der Waals surface area contributed by atoms with E-state index in [4.69, 9.17) is 0 Å². The van der Waals surface area contributed by atoms with Gasteiger partial charge in [-0.25, -0.2) is 0 Å². The number of hydrogen-bond donors (Lipinski definition) is 0. The molecular formula is C19H27N3O2. The molecule has 130 valence electrons. The topological polar surface area (TPSA) is 43.9 Å². The second-order valence-electron chi connectivity index (χ2n) is 7.47. The minimum absolute atomic E-state index is 0.0843. The first-order valence-corrected chi connectivity index (χ1v) is 8.71. The van der Waals surface area contributed by atoms with Gasteiger partial charge in [-0.1, -0.05) is 17.7 Å². The van der Waals surface area contributed by atoms with Crippen LogP contribution in [-0.4, -0.2) is 73.3 Å². The summed E-state index contributed by atoms with van der Waals surface area (Å²) in [6.45, 7) is 5.94. The van der Waals surface area contributed by atoms with Crippen LogP contribution in [0, 0.1) is 12.3 Å². The van der Waals surface area contributed by atoms with Crippen LogP contribution in [0.25, 0.3) is 0 Å². The first-order chi connectivity index (χ1) is 11.4. The summed E-state index contributed by atoms with van der Waals surface area (Å²) in [6, 6.07) is 7.71. The number of rotatable bonds is 4. The smallest absolute Gasteiger partial charge is 0.253 e. The Balaban J connectivity index is 1.54. The Morgan fingerprint density at radius 3 is 2.33 bits per heavy atom. The van der Waals surface area contributed by atoms with Crippen LogP contribution < -0.4 is 0 Å². The molecule has 2 amide bonds. The van der Waals surface area contributed by atoms with Crippen LogP contribution in [0.15, 0.2) is 24.3 Å². The Labute approximate surface area is 144 Å². The molecule has 24 heavy (non-hydrogen) atoms. The Morgan fingerprint density at radius 2 is 1.79 bits per heavy atom. The largest absolute Gasteiger partial charge is 0.340 e. The highest BCUT2D eigenvalue weighted by Crippen LogP contribution is 2.41. The lowest BCUT2D eigenvalue weighted by atomic mass is 9.71. The van der Waals surface area contributed by atoms with Crippen molar-refractivity contribution in [2.75, 3.05) is 46.8 Å². The number of β-lactam (4-membered cyclic amide) rings is 1. The maximum Gasteiger partial charge on any atom is 0.253 e. The number of amides is 2.